The molecule has 2 fully saturated rings. The Labute approximate surface area is 206 Å². The quantitative estimate of drug-likeness (QED) is 0.173. The van der Waals surface area contributed by atoms with Gasteiger partial charge in [0.15, 0.2) is 6.29 Å². The van der Waals surface area contributed by atoms with E-state index in [0.29, 0.717) is 5.56 Å². The fourth-order valence-corrected chi connectivity index (χ4v) is 4.94. The zero-order valence-electron chi connectivity index (χ0n) is 19.3. The highest BCUT2D eigenvalue weighted by molar-refractivity contribution is 5.87. The molecule has 2 heterocycles. The Morgan fingerprint density at radius 3 is 2.47 bits per heavy atom. The highest BCUT2D eigenvalue weighted by Crippen LogP contribution is 2.51. The number of ether oxygens (including phenoxy) is 4. The summed E-state index contributed by atoms with van der Waals surface area (Å²) in [5.41, 5.74) is -2.84. The number of esters is 1. The Kier molecular flexibility index (Phi) is 7.42. The van der Waals surface area contributed by atoms with Gasteiger partial charge in [-0.3, -0.25) is 0 Å². The average Bonchev–Trinajstić information content (AvgIpc) is 3.04. The van der Waals surface area contributed by atoms with Crippen molar-refractivity contribution in [1.29, 1.82) is 0 Å². The van der Waals surface area contributed by atoms with Crippen molar-refractivity contribution < 1.29 is 59.5 Å². The minimum Gasteiger partial charge on any atom is -0.508 e. The van der Waals surface area contributed by atoms with Gasteiger partial charge in [0.1, 0.15) is 41.4 Å². The predicted octanol–water partition coefficient (Wildman–Crippen LogP) is -1.49. The molecule has 1 aliphatic carbocycles. The lowest BCUT2D eigenvalue weighted by Crippen LogP contribution is -2.62. The van der Waals surface area contributed by atoms with Crippen molar-refractivity contribution in [3.8, 4) is 5.75 Å². The first-order valence-corrected chi connectivity index (χ1v) is 11.4. The number of hydrogen-bond donors (Lipinski definition) is 7. The number of aliphatic hydroxyl groups is 6. The van der Waals surface area contributed by atoms with Crippen LogP contribution in [-0.4, -0.2) is 103 Å². The van der Waals surface area contributed by atoms with Crippen LogP contribution in [0.2, 0.25) is 0 Å². The van der Waals surface area contributed by atoms with Crippen LogP contribution in [0.5, 0.6) is 5.75 Å². The van der Waals surface area contributed by atoms with Crippen molar-refractivity contribution in [3.05, 3.63) is 48.2 Å². The molecule has 0 spiro atoms. The van der Waals surface area contributed by atoms with Crippen LogP contribution in [0.3, 0.4) is 0 Å². The minimum atomic E-state index is -1.94. The molecule has 0 amide bonds. The molecule has 2 aliphatic heterocycles. The molecule has 0 unspecified atom stereocenters. The van der Waals surface area contributed by atoms with Gasteiger partial charge < -0.3 is 54.7 Å². The lowest BCUT2D eigenvalue weighted by molar-refractivity contribution is -0.351. The van der Waals surface area contributed by atoms with Crippen LogP contribution < -0.4 is 0 Å². The molecule has 12 heteroatoms. The second-order valence-corrected chi connectivity index (χ2v) is 9.38. The molecule has 7 N–H and O–H groups in total. The van der Waals surface area contributed by atoms with Crippen LogP contribution in [0.25, 0.3) is 6.08 Å². The van der Waals surface area contributed by atoms with Crippen molar-refractivity contribution in [3.63, 3.8) is 0 Å². The van der Waals surface area contributed by atoms with Crippen molar-refractivity contribution in [2.45, 2.75) is 67.6 Å². The maximum absolute atomic E-state index is 12.7. The Morgan fingerprint density at radius 1 is 1.11 bits per heavy atom. The molecular formula is C24H30O12. The van der Waals surface area contributed by atoms with Crippen molar-refractivity contribution in [1.82, 2.24) is 0 Å². The summed E-state index contributed by atoms with van der Waals surface area (Å²) in [7, 11) is 0. The monoisotopic (exact) mass is 510 g/mol. The normalized spacial score (nSPS) is 42.2. The van der Waals surface area contributed by atoms with E-state index in [0.717, 1.165) is 12.3 Å². The van der Waals surface area contributed by atoms with E-state index in [1.54, 1.807) is 12.1 Å². The first-order valence-electron chi connectivity index (χ1n) is 11.4. The van der Waals surface area contributed by atoms with Crippen LogP contribution in [-0.2, 0) is 23.7 Å². The van der Waals surface area contributed by atoms with Gasteiger partial charge in [0.2, 0.25) is 6.29 Å². The van der Waals surface area contributed by atoms with Crippen molar-refractivity contribution >= 4 is 12.0 Å². The molecule has 12 nitrogen and oxygen atoms in total. The number of rotatable bonds is 6. The highest BCUT2D eigenvalue weighted by atomic mass is 16.8. The van der Waals surface area contributed by atoms with Gasteiger partial charge in [-0.25, -0.2) is 4.79 Å². The number of phenolic OH excluding ortho intramolecular Hbond substituents is 1. The summed E-state index contributed by atoms with van der Waals surface area (Å²) < 4.78 is 22.2. The first kappa shape index (κ1) is 26.5. The largest absolute Gasteiger partial charge is 0.508 e. The molecule has 198 valence electrons. The zero-order chi connectivity index (χ0) is 26.3. The van der Waals surface area contributed by atoms with Gasteiger partial charge >= 0.3 is 5.97 Å². The lowest BCUT2D eigenvalue weighted by Gasteiger charge is -2.45. The predicted molar refractivity (Wildman–Crippen MR) is 120 cm³/mol. The van der Waals surface area contributed by atoms with E-state index in [1.165, 1.54) is 31.2 Å². The van der Waals surface area contributed by atoms with Gasteiger partial charge in [-0.1, -0.05) is 12.1 Å². The lowest BCUT2D eigenvalue weighted by atomic mass is 9.81. The Hall–Kier alpha value is -2.55. The summed E-state index contributed by atoms with van der Waals surface area (Å²) in [5, 5.41) is 71.1. The molecule has 0 aromatic heterocycles. The van der Waals surface area contributed by atoms with Crippen molar-refractivity contribution in [2.75, 3.05) is 6.61 Å². The molecule has 1 aromatic rings. The van der Waals surface area contributed by atoms with E-state index in [1.807, 2.05) is 0 Å². The number of carbonyl (C=O) groups excluding carboxylic acids is 1. The van der Waals surface area contributed by atoms with Crippen LogP contribution in [0.15, 0.2) is 42.7 Å². The van der Waals surface area contributed by atoms with E-state index in [-0.39, 0.29) is 12.2 Å². The number of fused-ring (bicyclic) bond motifs is 1. The number of aromatic hydroxyl groups is 1. The molecule has 4 rings (SSSR count). The topological polar surface area (TPSA) is 196 Å². The van der Waals surface area contributed by atoms with E-state index in [9.17, 15) is 40.5 Å². The van der Waals surface area contributed by atoms with E-state index in [2.05, 4.69) is 0 Å². The number of phenols is 1. The van der Waals surface area contributed by atoms with Gasteiger partial charge in [-0.2, -0.15) is 0 Å². The second-order valence-electron chi connectivity index (χ2n) is 9.38. The molecule has 1 saturated heterocycles. The molecule has 1 saturated carbocycles. The average molecular weight is 510 g/mol. The summed E-state index contributed by atoms with van der Waals surface area (Å²) in [4.78, 5) is 12.7. The summed E-state index contributed by atoms with van der Waals surface area (Å²) in [6.45, 7) is 0.808. The van der Waals surface area contributed by atoms with E-state index in [4.69, 9.17) is 18.9 Å². The summed E-state index contributed by atoms with van der Waals surface area (Å²) in [5.74, 6) is -1.93. The van der Waals surface area contributed by atoms with Crippen molar-refractivity contribution in [2.24, 2.45) is 5.92 Å². The standard InChI is InChI=1S/C24H30O12/c1-23(36-16(28)7-4-12-2-5-13(26)6-3-12)10-15(27)24(32)8-9-33-22(20(23)24)35-21-19(31)18(30)17(29)14(11-25)34-21/h2-9,14-15,17-22,25-27,29-32H,10-11H2,1H3/t14-,15-,17-,18+,19-,20-,21-,22+,23-,24+/m1/s1. The fourth-order valence-electron chi connectivity index (χ4n) is 4.94. The Morgan fingerprint density at radius 2 is 1.81 bits per heavy atom. The maximum atomic E-state index is 12.7. The molecule has 36 heavy (non-hydrogen) atoms. The number of hydrogen-bond acceptors (Lipinski definition) is 12. The van der Waals surface area contributed by atoms with Crippen LogP contribution in [0.1, 0.15) is 18.9 Å². The zero-order valence-corrected chi connectivity index (χ0v) is 19.3. The molecule has 0 bridgehead atoms. The first-order chi connectivity index (χ1) is 17.0. The third kappa shape index (κ3) is 4.86. The van der Waals surface area contributed by atoms with Crippen LogP contribution in [0.4, 0.5) is 0 Å². The van der Waals surface area contributed by atoms with Gasteiger partial charge in [-0.05, 0) is 36.8 Å². The number of benzene rings is 1. The van der Waals surface area contributed by atoms with E-state index >= 15 is 0 Å². The van der Waals surface area contributed by atoms with Crippen LogP contribution in [0, 0.1) is 5.92 Å². The fraction of sp³-hybridized carbons (Fsp3) is 0.542. The van der Waals surface area contributed by atoms with Gasteiger partial charge in [0, 0.05) is 12.5 Å². The SMILES string of the molecule is C[C@@]1(OC(=O)C=Cc2ccc(O)cc2)C[C@@H](O)[C@@]2(O)C=CO[C@@H](O[C@H]3O[C@H](CO)[C@@H](O)[C@H](O)[C@H]3O)[C@@H]21. The third-order valence-electron chi connectivity index (χ3n) is 6.86. The number of carbonyl (C=O) groups is 1. The van der Waals surface area contributed by atoms with Gasteiger partial charge in [0.05, 0.1) is 24.9 Å². The minimum absolute atomic E-state index is 0.0669. The Bertz CT molecular complexity index is 993. The highest BCUT2D eigenvalue weighted by Gasteiger charge is 2.66. The Balaban J connectivity index is 1.54. The van der Waals surface area contributed by atoms with Gasteiger partial charge in [-0.15, -0.1) is 0 Å². The maximum Gasteiger partial charge on any atom is 0.331 e. The van der Waals surface area contributed by atoms with Gasteiger partial charge in [0.25, 0.3) is 0 Å². The molecule has 10 atom stereocenters. The molecule has 1 aromatic carbocycles. The van der Waals surface area contributed by atoms with E-state index < -0.39 is 72.8 Å². The van der Waals surface area contributed by atoms with Crippen LogP contribution >= 0.6 is 0 Å². The third-order valence-corrected chi connectivity index (χ3v) is 6.86. The summed E-state index contributed by atoms with van der Waals surface area (Å²) in [6.07, 6.45) is -5.96. The summed E-state index contributed by atoms with van der Waals surface area (Å²) >= 11 is 0. The second kappa shape index (κ2) is 10.1. The molecular weight excluding hydrogens is 480 g/mol. The molecule has 3 aliphatic rings. The summed E-state index contributed by atoms with van der Waals surface area (Å²) in [6, 6.07) is 6.07. The smallest absolute Gasteiger partial charge is 0.331 e. The number of aliphatic hydroxyl groups excluding tert-OH is 5. The molecule has 0 radical (unpaired) electrons.